The molecule has 2 rings (SSSR count). The molecular weight excluding hydrogens is 228 g/mol. The molecule has 0 aliphatic rings. The summed E-state index contributed by atoms with van der Waals surface area (Å²) in [6.07, 6.45) is 0. The number of benzene rings is 2. The molecule has 90 valence electrons. The lowest BCUT2D eigenvalue weighted by Crippen LogP contribution is -2.14. The number of carboxylic acids is 1. The summed E-state index contributed by atoms with van der Waals surface area (Å²) in [5, 5.41) is 8.85. The third-order valence-corrected chi connectivity index (χ3v) is 2.70. The van der Waals surface area contributed by atoms with E-state index in [2.05, 4.69) is 0 Å². The number of carboxylic acid groups (broad SMARTS) is 1. The Hall–Kier alpha value is -2.42. The Labute approximate surface area is 105 Å². The first-order valence-corrected chi connectivity index (χ1v) is 5.53. The van der Waals surface area contributed by atoms with E-state index in [1.54, 1.807) is 12.1 Å². The summed E-state index contributed by atoms with van der Waals surface area (Å²) in [6, 6.07) is 14.5. The second-order valence-electron chi connectivity index (χ2n) is 4.05. The molecule has 0 heterocycles. The highest BCUT2D eigenvalue weighted by atomic mass is 16.4. The van der Waals surface area contributed by atoms with Crippen LogP contribution in [0.15, 0.2) is 48.5 Å². The Balaban J connectivity index is 2.61. The molecular formula is C15H12O3. The van der Waals surface area contributed by atoms with Gasteiger partial charge in [-0.15, -0.1) is 0 Å². The number of Topliss-reactive ketones (excluding diaryl/α,β-unsaturated/α-hetero) is 1. The number of carbonyl (C=O) groups is 2. The molecule has 0 amide bonds. The predicted molar refractivity (Wildman–Crippen MR) is 68.6 cm³/mol. The molecule has 0 bridgehead atoms. The number of aliphatic carboxylic acids is 1. The molecule has 0 spiro atoms. The van der Waals surface area contributed by atoms with Crippen LogP contribution in [0.5, 0.6) is 0 Å². The van der Waals surface area contributed by atoms with Gasteiger partial charge in [0.2, 0.25) is 0 Å². The molecule has 0 fully saturated rings. The second-order valence-corrected chi connectivity index (χ2v) is 4.05. The van der Waals surface area contributed by atoms with E-state index >= 15 is 0 Å². The molecule has 0 aromatic heterocycles. The molecule has 2 aromatic rings. The average Bonchev–Trinajstić information content (AvgIpc) is 2.38. The van der Waals surface area contributed by atoms with Crippen molar-refractivity contribution >= 4 is 11.8 Å². The summed E-state index contributed by atoms with van der Waals surface area (Å²) in [6.45, 7) is 1.83. The minimum absolute atomic E-state index is 0.230. The zero-order valence-corrected chi connectivity index (χ0v) is 9.88. The molecule has 0 unspecified atom stereocenters. The van der Waals surface area contributed by atoms with Crippen molar-refractivity contribution in [1.29, 1.82) is 0 Å². The minimum Gasteiger partial charge on any atom is -0.475 e. The fourth-order valence-electron chi connectivity index (χ4n) is 1.83. The van der Waals surface area contributed by atoms with Gasteiger partial charge in [-0.05, 0) is 24.1 Å². The molecule has 0 saturated heterocycles. The van der Waals surface area contributed by atoms with E-state index in [0.29, 0.717) is 5.56 Å². The van der Waals surface area contributed by atoms with Gasteiger partial charge in [-0.25, -0.2) is 4.79 Å². The molecule has 0 saturated carbocycles. The van der Waals surface area contributed by atoms with Crippen molar-refractivity contribution in [3.8, 4) is 11.1 Å². The average molecular weight is 240 g/mol. The Morgan fingerprint density at radius 3 is 2.28 bits per heavy atom. The van der Waals surface area contributed by atoms with Crippen LogP contribution in [0, 0.1) is 6.92 Å². The van der Waals surface area contributed by atoms with Crippen molar-refractivity contribution in [3.63, 3.8) is 0 Å². The minimum atomic E-state index is -1.43. The van der Waals surface area contributed by atoms with Gasteiger partial charge in [-0.3, -0.25) is 4.79 Å². The number of aryl methyl sites for hydroxylation is 1. The van der Waals surface area contributed by atoms with Crippen LogP contribution in [0.3, 0.4) is 0 Å². The highest BCUT2D eigenvalue weighted by molar-refractivity contribution is 6.41. The summed E-state index contributed by atoms with van der Waals surface area (Å²) in [4.78, 5) is 22.5. The topological polar surface area (TPSA) is 54.4 Å². The monoisotopic (exact) mass is 240 g/mol. The Morgan fingerprint density at radius 1 is 1.00 bits per heavy atom. The van der Waals surface area contributed by atoms with E-state index in [1.807, 2.05) is 43.3 Å². The van der Waals surface area contributed by atoms with Gasteiger partial charge in [0, 0.05) is 5.56 Å². The number of rotatable bonds is 3. The number of hydrogen-bond acceptors (Lipinski definition) is 2. The predicted octanol–water partition coefficient (Wildman–Crippen LogP) is 2.93. The van der Waals surface area contributed by atoms with Gasteiger partial charge in [0.1, 0.15) is 0 Å². The third kappa shape index (κ3) is 2.30. The zero-order chi connectivity index (χ0) is 13.1. The zero-order valence-electron chi connectivity index (χ0n) is 9.88. The van der Waals surface area contributed by atoms with E-state index < -0.39 is 11.8 Å². The quantitative estimate of drug-likeness (QED) is 0.663. The van der Waals surface area contributed by atoms with Crippen LogP contribution in [0.4, 0.5) is 0 Å². The first-order chi connectivity index (χ1) is 8.59. The Kier molecular flexibility index (Phi) is 3.24. The highest BCUT2D eigenvalue weighted by Gasteiger charge is 2.19. The van der Waals surface area contributed by atoms with Crippen LogP contribution in [0.1, 0.15) is 15.9 Å². The highest BCUT2D eigenvalue weighted by Crippen LogP contribution is 2.25. The van der Waals surface area contributed by atoms with E-state index in [1.165, 1.54) is 0 Å². The lowest BCUT2D eigenvalue weighted by Gasteiger charge is -2.08. The maximum absolute atomic E-state index is 11.7. The van der Waals surface area contributed by atoms with Crippen molar-refractivity contribution < 1.29 is 14.7 Å². The van der Waals surface area contributed by atoms with Crippen molar-refractivity contribution in [1.82, 2.24) is 0 Å². The summed E-state index contributed by atoms with van der Waals surface area (Å²) >= 11 is 0. The second kappa shape index (κ2) is 4.84. The van der Waals surface area contributed by atoms with Crippen LogP contribution in [-0.2, 0) is 4.79 Å². The Morgan fingerprint density at radius 2 is 1.67 bits per heavy atom. The molecule has 2 aromatic carbocycles. The van der Waals surface area contributed by atoms with Gasteiger partial charge in [0.25, 0.3) is 5.78 Å². The molecule has 0 aliphatic carbocycles. The molecule has 18 heavy (non-hydrogen) atoms. The summed E-state index contributed by atoms with van der Waals surface area (Å²) in [7, 11) is 0. The first kappa shape index (κ1) is 12.0. The standard InChI is InChI=1S/C15H12O3/c1-10-7-8-12(11-5-3-2-4-6-11)13(9-10)14(16)15(17)18/h2-9H,1H3,(H,17,18). The van der Waals surface area contributed by atoms with Crippen LogP contribution >= 0.6 is 0 Å². The van der Waals surface area contributed by atoms with Crippen molar-refractivity contribution in [2.75, 3.05) is 0 Å². The smallest absolute Gasteiger partial charge is 0.377 e. The van der Waals surface area contributed by atoms with E-state index in [0.717, 1.165) is 11.1 Å². The first-order valence-electron chi connectivity index (χ1n) is 5.53. The van der Waals surface area contributed by atoms with E-state index in [4.69, 9.17) is 5.11 Å². The molecule has 3 nitrogen and oxygen atoms in total. The largest absolute Gasteiger partial charge is 0.475 e. The van der Waals surface area contributed by atoms with Gasteiger partial charge in [-0.2, -0.15) is 0 Å². The molecule has 3 heteroatoms. The van der Waals surface area contributed by atoms with Crippen molar-refractivity contribution in [3.05, 3.63) is 59.7 Å². The SMILES string of the molecule is Cc1ccc(-c2ccccc2)c(C(=O)C(=O)O)c1. The van der Waals surface area contributed by atoms with Crippen LogP contribution in [0.25, 0.3) is 11.1 Å². The van der Waals surface area contributed by atoms with Gasteiger partial charge >= 0.3 is 5.97 Å². The van der Waals surface area contributed by atoms with Gasteiger partial charge in [0.05, 0.1) is 0 Å². The lowest BCUT2D eigenvalue weighted by molar-refractivity contribution is -0.131. The molecule has 0 atom stereocenters. The van der Waals surface area contributed by atoms with Crippen molar-refractivity contribution in [2.24, 2.45) is 0 Å². The van der Waals surface area contributed by atoms with Crippen molar-refractivity contribution in [2.45, 2.75) is 6.92 Å². The van der Waals surface area contributed by atoms with Crippen LogP contribution in [-0.4, -0.2) is 16.9 Å². The summed E-state index contributed by atoms with van der Waals surface area (Å²) in [5.41, 5.74) is 2.57. The maximum Gasteiger partial charge on any atom is 0.377 e. The number of hydrogen-bond donors (Lipinski definition) is 1. The maximum atomic E-state index is 11.7. The van der Waals surface area contributed by atoms with Gasteiger partial charge < -0.3 is 5.11 Å². The van der Waals surface area contributed by atoms with Gasteiger partial charge in [-0.1, -0.05) is 48.0 Å². The molecule has 0 aliphatic heterocycles. The fraction of sp³-hybridized carbons (Fsp3) is 0.0667. The summed E-state index contributed by atoms with van der Waals surface area (Å²) in [5.74, 6) is -2.31. The lowest BCUT2D eigenvalue weighted by atomic mass is 9.95. The third-order valence-electron chi connectivity index (χ3n) is 2.70. The molecule has 1 N–H and O–H groups in total. The van der Waals surface area contributed by atoms with Gasteiger partial charge in [0.15, 0.2) is 0 Å². The van der Waals surface area contributed by atoms with Crippen LogP contribution in [0.2, 0.25) is 0 Å². The molecule has 0 radical (unpaired) electrons. The number of carbonyl (C=O) groups excluding carboxylic acids is 1. The normalized spacial score (nSPS) is 10.1. The van der Waals surface area contributed by atoms with E-state index in [-0.39, 0.29) is 5.56 Å². The fourth-order valence-corrected chi connectivity index (χ4v) is 1.83. The summed E-state index contributed by atoms with van der Waals surface area (Å²) < 4.78 is 0. The number of ketones is 1. The van der Waals surface area contributed by atoms with Crippen LogP contribution < -0.4 is 0 Å². The Bertz CT molecular complexity index is 600. The van der Waals surface area contributed by atoms with E-state index in [9.17, 15) is 9.59 Å².